The van der Waals surface area contributed by atoms with Gasteiger partial charge in [-0.05, 0) is 39.1 Å². The summed E-state index contributed by atoms with van der Waals surface area (Å²) in [5.74, 6) is 2.39. The molecule has 0 aliphatic carbocycles. The second-order valence-electron chi connectivity index (χ2n) is 7.71. The summed E-state index contributed by atoms with van der Waals surface area (Å²) in [6, 6.07) is 4.07. The van der Waals surface area contributed by atoms with E-state index in [1.165, 1.54) is 0 Å². The Morgan fingerprint density at radius 3 is 2.79 bits per heavy atom. The first-order valence-electron chi connectivity index (χ1n) is 9.90. The molecule has 1 aliphatic rings. The van der Waals surface area contributed by atoms with E-state index in [-0.39, 0.29) is 11.7 Å². The lowest BCUT2D eigenvalue weighted by atomic mass is 10.1. The van der Waals surface area contributed by atoms with Crippen LogP contribution in [-0.4, -0.2) is 65.7 Å². The molecule has 29 heavy (non-hydrogen) atoms. The molecule has 0 saturated carbocycles. The zero-order chi connectivity index (χ0) is 20.4. The molecular weight excluding hydrogens is 370 g/mol. The van der Waals surface area contributed by atoms with Crippen LogP contribution in [0.4, 0.5) is 5.82 Å². The van der Waals surface area contributed by atoms with Crippen molar-refractivity contribution in [1.29, 1.82) is 0 Å². The molecule has 0 bridgehead atoms. The van der Waals surface area contributed by atoms with E-state index < -0.39 is 0 Å². The minimum atomic E-state index is -0.0123. The van der Waals surface area contributed by atoms with Crippen molar-refractivity contribution < 1.29 is 0 Å². The Labute approximate surface area is 169 Å². The Bertz CT molecular complexity index is 1020. The summed E-state index contributed by atoms with van der Waals surface area (Å²) in [5, 5.41) is 16.6. The van der Waals surface area contributed by atoms with Crippen molar-refractivity contribution in [2.24, 2.45) is 7.05 Å². The molecule has 4 rings (SSSR count). The molecule has 0 amide bonds. The normalized spacial score (nSPS) is 16.6. The van der Waals surface area contributed by atoms with E-state index in [2.05, 4.69) is 30.5 Å². The number of nitrogens with zero attached hydrogens (tertiary/aromatic N) is 8. The zero-order valence-electron chi connectivity index (χ0n) is 17.1. The van der Waals surface area contributed by atoms with E-state index in [1.807, 2.05) is 48.6 Å². The number of fused-ring (bicyclic) bond motifs is 1. The number of imidazole rings is 1. The van der Waals surface area contributed by atoms with E-state index in [1.54, 1.807) is 10.9 Å². The smallest absolute Gasteiger partial charge is 0.345 e. The van der Waals surface area contributed by atoms with Gasteiger partial charge in [0.2, 0.25) is 0 Å². The molecule has 0 saturated heterocycles. The fraction of sp³-hybridized carbons (Fsp3) is 0.526. The number of hydrogen-bond donors (Lipinski definition) is 1. The molecule has 3 aromatic heterocycles. The highest BCUT2D eigenvalue weighted by molar-refractivity contribution is 5.51. The van der Waals surface area contributed by atoms with Crippen molar-refractivity contribution in [1.82, 2.24) is 39.0 Å². The third-order valence-electron chi connectivity index (χ3n) is 5.24. The largest absolute Gasteiger partial charge is 0.366 e. The minimum absolute atomic E-state index is 0.0123. The lowest BCUT2D eigenvalue weighted by molar-refractivity contribution is 0.367. The van der Waals surface area contributed by atoms with Gasteiger partial charge in [0.05, 0.1) is 6.54 Å². The fourth-order valence-electron chi connectivity index (χ4n) is 3.56. The van der Waals surface area contributed by atoms with Crippen molar-refractivity contribution in [2.75, 3.05) is 26.0 Å². The summed E-state index contributed by atoms with van der Waals surface area (Å²) in [4.78, 5) is 19.0. The van der Waals surface area contributed by atoms with Crippen molar-refractivity contribution in [3.8, 4) is 11.5 Å². The zero-order valence-corrected chi connectivity index (χ0v) is 17.1. The van der Waals surface area contributed by atoms with E-state index in [9.17, 15) is 4.79 Å². The molecule has 1 unspecified atom stereocenters. The van der Waals surface area contributed by atoms with Crippen LogP contribution in [0.3, 0.4) is 0 Å². The van der Waals surface area contributed by atoms with Gasteiger partial charge in [-0.1, -0.05) is 0 Å². The van der Waals surface area contributed by atoms with Gasteiger partial charge in [0.15, 0.2) is 5.82 Å². The Hall–Kier alpha value is -3.01. The van der Waals surface area contributed by atoms with Crippen LogP contribution in [0, 0.1) is 0 Å². The standard InChI is InChI=1S/C19H27N9O/c1-25(2)12-13-28-19(29)27-10-8-14(4-7-17(27)24-28)21-16-6-5-15(22-23-16)18-20-9-11-26(18)3/h5-6,9,11,14H,4,7-8,10,12-13H2,1-3H3,(H,21,23). The van der Waals surface area contributed by atoms with E-state index in [0.717, 1.165) is 49.0 Å². The Balaban J connectivity index is 1.39. The molecule has 0 radical (unpaired) electrons. The lowest BCUT2D eigenvalue weighted by Gasteiger charge is -2.16. The van der Waals surface area contributed by atoms with Gasteiger partial charge in [-0.25, -0.2) is 14.5 Å². The molecule has 154 valence electrons. The highest BCUT2D eigenvalue weighted by Gasteiger charge is 2.21. The number of aromatic nitrogens is 7. The number of anilines is 1. The van der Waals surface area contributed by atoms with Gasteiger partial charge >= 0.3 is 5.69 Å². The van der Waals surface area contributed by atoms with Gasteiger partial charge in [0.25, 0.3) is 0 Å². The van der Waals surface area contributed by atoms with Crippen LogP contribution in [0.1, 0.15) is 18.7 Å². The summed E-state index contributed by atoms with van der Waals surface area (Å²) in [6.45, 7) is 2.07. The first-order chi connectivity index (χ1) is 14.0. The molecule has 1 N–H and O–H groups in total. The number of rotatable bonds is 6. The topological polar surface area (TPSA) is 98.7 Å². The average molecular weight is 397 g/mol. The Morgan fingerprint density at radius 2 is 2.10 bits per heavy atom. The second kappa shape index (κ2) is 8.16. The Kier molecular flexibility index (Phi) is 5.43. The molecule has 0 fully saturated rings. The summed E-state index contributed by atoms with van der Waals surface area (Å²) in [6.07, 6.45) is 6.13. The molecule has 3 aromatic rings. The summed E-state index contributed by atoms with van der Waals surface area (Å²) in [7, 11) is 5.92. The van der Waals surface area contributed by atoms with E-state index in [0.29, 0.717) is 13.1 Å². The first kappa shape index (κ1) is 19.3. The van der Waals surface area contributed by atoms with Crippen LogP contribution in [0.2, 0.25) is 0 Å². The number of nitrogens with one attached hydrogen (secondary N) is 1. The van der Waals surface area contributed by atoms with Crippen LogP contribution < -0.4 is 11.0 Å². The first-order valence-corrected chi connectivity index (χ1v) is 9.90. The van der Waals surface area contributed by atoms with Crippen molar-refractivity contribution >= 4 is 5.82 Å². The third-order valence-corrected chi connectivity index (χ3v) is 5.24. The third kappa shape index (κ3) is 4.21. The molecule has 4 heterocycles. The number of aryl methyl sites for hydroxylation is 2. The van der Waals surface area contributed by atoms with Crippen LogP contribution in [0.25, 0.3) is 11.5 Å². The van der Waals surface area contributed by atoms with E-state index in [4.69, 9.17) is 0 Å². The maximum atomic E-state index is 12.6. The second-order valence-corrected chi connectivity index (χ2v) is 7.71. The maximum Gasteiger partial charge on any atom is 0.345 e. The van der Waals surface area contributed by atoms with Crippen molar-refractivity contribution in [3.05, 3.63) is 40.8 Å². The summed E-state index contributed by atoms with van der Waals surface area (Å²) in [5.41, 5.74) is 0.726. The lowest BCUT2D eigenvalue weighted by Crippen LogP contribution is -2.30. The highest BCUT2D eigenvalue weighted by Crippen LogP contribution is 2.18. The monoisotopic (exact) mass is 397 g/mol. The minimum Gasteiger partial charge on any atom is -0.366 e. The van der Waals surface area contributed by atoms with Gasteiger partial charge in [-0.3, -0.25) is 4.57 Å². The van der Waals surface area contributed by atoms with Gasteiger partial charge in [0.1, 0.15) is 17.3 Å². The van der Waals surface area contributed by atoms with Crippen molar-refractivity contribution in [2.45, 2.75) is 38.4 Å². The van der Waals surface area contributed by atoms with Crippen LogP contribution in [0.15, 0.2) is 29.3 Å². The van der Waals surface area contributed by atoms with Crippen LogP contribution >= 0.6 is 0 Å². The quantitative estimate of drug-likeness (QED) is 0.651. The van der Waals surface area contributed by atoms with Gasteiger partial charge in [-0.15, -0.1) is 10.2 Å². The highest BCUT2D eigenvalue weighted by atomic mass is 16.2. The van der Waals surface area contributed by atoms with Crippen molar-refractivity contribution in [3.63, 3.8) is 0 Å². The molecule has 1 aliphatic heterocycles. The number of likely N-dealkylation sites (N-methyl/N-ethyl adjacent to an activating group) is 1. The van der Waals surface area contributed by atoms with Crippen LogP contribution in [-0.2, 0) is 26.6 Å². The maximum absolute atomic E-state index is 12.6. The molecule has 0 aromatic carbocycles. The molecule has 10 heteroatoms. The summed E-state index contributed by atoms with van der Waals surface area (Å²) < 4.78 is 5.31. The predicted octanol–water partition coefficient (Wildman–Crippen LogP) is 0.614. The molecule has 1 atom stereocenters. The van der Waals surface area contributed by atoms with Gasteiger partial charge in [0, 0.05) is 45.0 Å². The SMILES string of the molecule is CN(C)CCn1nc2n(c1=O)CCC(Nc1ccc(-c3nccn3C)nn1)CC2. The Morgan fingerprint density at radius 1 is 1.24 bits per heavy atom. The van der Waals surface area contributed by atoms with Gasteiger partial charge in [-0.2, -0.15) is 5.10 Å². The molecular formula is C19H27N9O. The van der Waals surface area contributed by atoms with Crippen LogP contribution in [0.5, 0.6) is 0 Å². The van der Waals surface area contributed by atoms with E-state index >= 15 is 0 Å². The predicted molar refractivity (Wildman–Crippen MR) is 110 cm³/mol. The molecule has 10 nitrogen and oxygen atoms in total. The summed E-state index contributed by atoms with van der Waals surface area (Å²) >= 11 is 0. The fourth-order valence-corrected chi connectivity index (χ4v) is 3.56. The molecule has 0 spiro atoms. The van der Waals surface area contributed by atoms with Gasteiger partial charge < -0.3 is 14.8 Å². The average Bonchev–Trinajstić information content (AvgIpc) is 3.19. The number of hydrogen-bond acceptors (Lipinski definition) is 7.